The van der Waals surface area contributed by atoms with E-state index >= 15 is 0 Å². The molecule has 2 atom stereocenters. The number of halogens is 3. The predicted octanol–water partition coefficient (Wildman–Crippen LogP) is 4.43. The first-order valence-corrected chi connectivity index (χ1v) is 12.4. The average molecular weight is 507 g/mol. The minimum atomic E-state index is -4.80. The first-order chi connectivity index (χ1) is 17.1. The van der Waals surface area contributed by atoms with Gasteiger partial charge in [-0.2, -0.15) is 0 Å². The molecule has 0 aliphatic carbocycles. The molecule has 2 aliphatic rings. The predicted molar refractivity (Wildman–Crippen MR) is 129 cm³/mol. The fourth-order valence-corrected chi connectivity index (χ4v) is 5.51. The number of piperidine rings is 1. The molecule has 2 unspecified atom stereocenters. The largest absolute Gasteiger partial charge is 0.573 e. The van der Waals surface area contributed by atoms with Gasteiger partial charge in [-0.05, 0) is 68.4 Å². The first-order valence-electron chi connectivity index (χ1n) is 12.4. The number of hydrogen-bond donors (Lipinski definition) is 2. The Morgan fingerprint density at radius 1 is 1.03 bits per heavy atom. The lowest BCUT2D eigenvalue weighted by Gasteiger charge is -2.39. The lowest BCUT2D eigenvalue weighted by molar-refractivity contribution is -0.274. The molecule has 2 aliphatic heterocycles. The molecule has 0 aromatic heterocycles. The molecule has 4 rings (SSSR count). The van der Waals surface area contributed by atoms with Crippen LogP contribution in [0.5, 0.6) is 11.5 Å². The summed E-state index contributed by atoms with van der Waals surface area (Å²) in [7, 11) is 0. The Labute approximate surface area is 209 Å². The number of nitrogens with zero attached hydrogens (tertiary/aromatic N) is 1. The van der Waals surface area contributed by atoms with Crippen LogP contribution in [0.3, 0.4) is 0 Å². The summed E-state index contributed by atoms with van der Waals surface area (Å²) in [6.45, 7) is 5.18. The second-order valence-electron chi connectivity index (χ2n) is 9.67. The van der Waals surface area contributed by atoms with Gasteiger partial charge in [0.05, 0.1) is 13.0 Å². The van der Waals surface area contributed by atoms with Crippen molar-refractivity contribution in [3.8, 4) is 11.5 Å². The molecule has 1 amide bonds. The highest BCUT2D eigenvalue weighted by Crippen LogP contribution is 2.38. The second-order valence-corrected chi connectivity index (χ2v) is 9.67. The molecule has 9 heteroatoms. The Hall–Kier alpha value is -2.78. The number of alkyl halides is 3. The highest BCUT2D eigenvalue weighted by molar-refractivity contribution is 5.79. The van der Waals surface area contributed by atoms with E-state index in [0.717, 1.165) is 43.5 Å². The summed E-state index contributed by atoms with van der Waals surface area (Å²) >= 11 is 0. The van der Waals surface area contributed by atoms with E-state index in [4.69, 9.17) is 9.84 Å². The van der Waals surface area contributed by atoms with E-state index in [0.29, 0.717) is 12.1 Å². The maximum atomic E-state index is 12.7. The van der Waals surface area contributed by atoms with Gasteiger partial charge in [0.1, 0.15) is 18.1 Å². The molecule has 2 aromatic rings. The smallest absolute Gasteiger partial charge is 0.491 e. The minimum Gasteiger partial charge on any atom is -0.491 e. The fraction of sp³-hybridized carbons (Fsp3) is 0.519. The molecule has 2 N–H and O–H groups in total. The third-order valence-electron chi connectivity index (χ3n) is 7.35. The Morgan fingerprint density at radius 2 is 1.72 bits per heavy atom. The number of rotatable bonds is 9. The Kier molecular flexibility index (Phi) is 8.10. The van der Waals surface area contributed by atoms with Crippen molar-refractivity contribution in [3.63, 3.8) is 0 Å². The molecular weight excluding hydrogens is 473 g/mol. The summed E-state index contributed by atoms with van der Waals surface area (Å²) in [6.07, 6.45) is -1.20. The molecule has 2 bridgehead atoms. The van der Waals surface area contributed by atoms with E-state index in [-0.39, 0.29) is 42.9 Å². The summed E-state index contributed by atoms with van der Waals surface area (Å²) in [5, 5.41) is 12.1. The number of nitrogens with one attached hydrogen (secondary N) is 1. The maximum Gasteiger partial charge on any atom is 0.573 e. The highest BCUT2D eigenvalue weighted by Gasteiger charge is 2.41. The van der Waals surface area contributed by atoms with Crippen molar-refractivity contribution >= 4 is 5.91 Å². The average Bonchev–Trinajstić information content (AvgIpc) is 3.04. The molecular formula is C27H33F3N2O4. The number of carbonyl (C=O) groups is 1. The van der Waals surface area contributed by atoms with Crippen LogP contribution >= 0.6 is 0 Å². The van der Waals surface area contributed by atoms with E-state index in [1.807, 2.05) is 13.0 Å². The van der Waals surface area contributed by atoms with Crippen molar-refractivity contribution in [3.05, 3.63) is 58.7 Å². The van der Waals surface area contributed by atoms with Crippen molar-refractivity contribution in [2.75, 3.05) is 13.2 Å². The SMILES string of the molecule is Cc1c(CN2C3CCC2CC(NC(=O)Cc2ccccc2OC(F)(F)F)C3)ccc(OCCO)c1C. The summed E-state index contributed by atoms with van der Waals surface area (Å²) in [6, 6.07) is 10.5. The molecule has 0 spiro atoms. The molecule has 0 radical (unpaired) electrons. The lowest BCUT2D eigenvalue weighted by Crippen LogP contribution is -2.50. The highest BCUT2D eigenvalue weighted by atomic mass is 19.4. The number of benzene rings is 2. The Balaban J connectivity index is 1.35. The van der Waals surface area contributed by atoms with Crippen LogP contribution < -0.4 is 14.8 Å². The van der Waals surface area contributed by atoms with E-state index < -0.39 is 6.36 Å². The van der Waals surface area contributed by atoms with Crippen LogP contribution in [0, 0.1) is 13.8 Å². The standard InChI is InChI=1S/C27H33F3N2O4/c1-17-18(2)24(35-12-11-33)10-7-20(17)16-32-22-8-9-23(32)15-21(14-22)31-26(34)13-19-5-3-4-6-25(19)36-27(28,29)30/h3-7,10,21-23,33H,8-9,11-16H2,1-2H3,(H,31,34). The van der Waals surface area contributed by atoms with Gasteiger partial charge in [0.25, 0.3) is 0 Å². The number of aliphatic hydroxyl groups excluding tert-OH is 1. The molecule has 0 saturated carbocycles. The van der Waals surface area contributed by atoms with E-state index in [9.17, 15) is 18.0 Å². The lowest BCUT2D eigenvalue weighted by atomic mass is 9.94. The third kappa shape index (κ3) is 6.31. The normalized spacial score (nSPS) is 21.9. The number of hydrogen-bond acceptors (Lipinski definition) is 5. The van der Waals surface area contributed by atoms with Gasteiger partial charge in [0, 0.05) is 30.2 Å². The second kappa shape index (κ2) is 11.1. The Morgan fingerprint density at radius 3 is 2.39 bits per heavy atom. The zero-order valence-corrected chi connectivity index (χ0v) is 20.6. The van der Waals surface area contributed by atoms with Crippen molar-refractivity contribution < 1.29 is 32.5 Å². The van der Waals surface area contributed by atoms with Crippen LogP contribution in [0.4, 0.5) is 13.2 Å². The van der Waals surface area contributed by atoms with Crippen LogP contribution in [-0.4, -0.2) is 53.6 Å². The van der Waals surface area contributed by atoms with Gasteiger partial charge in [-0.25, -0.2) is 0 Å². The van der Waals surface area contributed by atoms with Gasteiger partial charge in [-0.1, -0.05) is 24.3 Å². The Bertz CT molecular complexity index is 1060. The van der Waals surface area contributed by atoms with E-state index in [2.05, 4.69) is 27.9 Å². The minimum absolute atomic E-state index is 0.000891. The van der Waals surface area contributed by atoms with Gasteiger partial charge in [0.2, 0.25) is 5.91 Å². The zero-order valence-electron chi connectivity index (χ0n) is 20.6. The van der Waals surface area contributed by atoms with Gasteiger partial charge in [0.15, 0.2) is 0 Å². The van der Waals surface area contributed by atoms with E-state index in [1.54, 1.807) is 6.07 Å². The van der Waals surface area contributed by atoms with Crippen LogP contribution in [0.25, 0.3) is 0 Å². The molecule has 6 nitrogen and oxygen atoms in total. The van der Waals surface area contributed by atoms with Gasteiger partial charge in [-0.15, -0.1) is 13.2 Å². The first kappa shape index (κ1) is 26.3. The zero-order chi connectivity index (χ0) is 25.9. The number of aliphatic hydroxyl groups is 1. The number of para-hydroxylation sites is 1. The van der Waals surface area contributed by atoms with Crippen LogP contribution in [0.2, 0.25) is 0 Å². The fourth-order valence-electron chi connectivity index (χ4n) is 5.51. The summed E-state index contributed by atoms with van der Waals surface area (Å²) < 4.78 is 47.8. The van der Waals surface area contributed by atoms with Crippen molar-refractivity contribution in [2.24, 2.45) is 0 Å². The molecule has 2 heterocycles. The molecule has 2 aromatic carbocycles. The van der Waals surface area contributed by atoms with Gasteiger partial charge >= 0.3 is 6.36 Å². The number of ether oxygens (including phenoxy) is 2. The molecule has 196 valence electrons. The van der Waals surface area contributed by atoms with Crippen LogP contribution in [0.1, 0.15) is 47.9 Å². The van der Waals surface area contributed by atoms with Gasteiger partial charge < -0.3 is 19.9 Å². The van der Waals surface area contributed by atoms with Crippen molar-refractivity contribution in [2.45, 2.75) is 77.0 Å². The van der Waals surface area contributed by atoms with E-state index in [1.165, 1.54) is 29.3 Å². The molecule has 36 heavy (non-hydrogen) atoms. The summed E-state index contributed by atoms with van der Waals surface area (Å²) in [5.74, 6) is 0.154. The van der Waals surface area contributed by atoms with Crippen molar-refractivity contribution in [1.29, 1.82) is 0 Å². The molecule has 2 fully saturated rings. The van der Waals surface area contributed by atoms with Gasteiger partial charge in [-0.3, -0.25) is 9.69 Å². The van der Waals surface area contributed by atoms with Crippen LogP contribution in [0.15, 0.2) is 36.4 Å². The monoisotopic (exact) mass is 506 g/mol. The number of fused-ring (bicyclic) bond motifs is 2. The van der Waals surface area contributed by atoms with Crippen LogP contribution in [-0.2, 0) is 17.8 Å². The summed E-state index contributed by atoms with van der Waals surface area (Å²) in [5.41, 5.74) is 3.71. The number of amides is 1. The topological polar surface area (TPSA) is 71.0 Å². The van der Waals surface area contributed by atoms with Crippen molar-refractivity contribution in [1.82, 2.24) is 10.2 Å². The maximum absolute atomic E-state index is 12.7. The summed E-state index contributed by atoms with van der Waals surface area (Å²) in [4.78, 5) is 15.2. The number of carbonyl (C=O) groups excluding carboxylic acids is 1. The third-order valence-corrected chi connectivity index (χ3v) is 7.35. The molecule has 2 saturated heterocycles. The quantitative estimate of drug-likeness (QED) is 0.527.